The van der Waals surface area contributed by atoms with Gasteiger partial charge < -0.3 is 28.6 Å². The van der Waals surface area contributed by atoms with Gasteiger partial charge in [-0.05, 0) is 40.0 Å². The molecule has 0 amide bonds. The van der Waals surface area contributed by atoms with Gasteiger partial charge in [-0.25, -0.2) is 0 Å². The Morgan fingerprint density at radius 2 is 0.750 bits per heavy atom. The molecule has 40 heavy (non-hydrogen) atoms. The van der Waals surface area contributed by atoms with Crippen molar-refractivity contribution in [3.8, 4) is 17.2 Å². The second-order valence-corrected chi connectivity index (χ2v) is 9.29. The van der Waals surface area contributed by atoms with E-state index >= 15 is 0 Å². The van der Waals surface area contributed by atoms with E-state index in [0.29, 0.717) is 53.8 Å². The number of hydrogen-bond acceptors (Lipinski definition) is 9. The molecular weight excluding hydrogens is 619 g/mol. The number of aryl methyl sites for hydroxylation is 6. The molecule has 0 aliphatic heterocycles. The molecule has 3 rings (SSSR count). The van der Waals surface area contributed by atoms with Crippen LogP contribution in [0.25, 0.3) is 0 Å². The molecule has 0 saturated heterocycles. The summed E-state index contributed by atoms with van der Waals surface area (Å²) in [5, 5.41) is 28.0. The second-order valence-electron chi connectivity index (χ2n) is 9.29. The average Bonchev–Trinajstić information content (AvgIpc) is 2.88. The van der Waals surface area contributed by atoms with Gasteiger partial charge in [-0.2, -0.15) is 0 Å². The summed E-state index contributed by atoms with van der Waals surface area (Å²) in [6.45, 7) is 11.3. The Kier molecular flexibility index (Phi) is 17.9. The number of unbranched alkanes of at least 4 members (excludes halogenated alkanes) is 3. The van der Waals surface area contributed by atoms with Crippen LogP contribution in [-0.4, -0.2) is 41.2 Å². The first-order valence-electron chi connectivity index (χ1n) is 13.4. The van der Waals surface area contributed by atoms with Crippen molar-refractivity contribution in [1.29, 1.82) is 0 Å². The molecule has 0 aliphatic carbocycles. The van der Waals surface area contributed by atoms with Crippen LogP contribution >= 0.6 is 0 Å². The van der Waals surface area contributed by atoms with E-state index in [0.717, 1.165) is 38.5 Å². The van der Waals surface area contributed by atoms with Crippen molar-refractivity contribution < 1.29 is 28.6 Å². The van der Waals surface area contributed by atoms with Crippen LogP contribution in [0.3, 0.4) is 0 Å². The van der Waals surface area contributed by atoms with Crippen molar-refractivity contribution in [3.63, 3.8) is 0 Å². The molecule has 0 unspecified atom stereocenters. The first-order valence-corrected chi connectivity index (χ1v) is 13.4. The fourth-order valence-corrected chi connectivity index (χ4v) is 3.51. The molecule has 3 aromatic rings. The predicted molar refractivity (Wildman–Crippen MR) is 156 cm³/mol. The average molecular weight is 661 g/mol. The maximum atomic E-state index is 11.1. The third kappa shape index (κ3) is 12.5. The smallest absolute Gasteiger partial charge is 0.227 e. The van der Waals surface area contributed by atoms with Crippen LogP contribution in [0.4, 0.5) is 0 Å². The molecule has 3 radical (unpaired) electrons. The van der Waals surface area contributed by atoms with E-state index in [1.807, 2.05) is 20.8 Å². The quantitative estimate of drug-likeness (QED) is 0.266. The second kappa shape index (κ2) is 19.2. The van der Waals surface area contributed by atoms with Crippen molar-refractivity contribution in [1.82, 2.24) is 0 Å². The first kappa shape index (κ1) is 37.1. The molecule has 0 spiro atoms. The number of hydrogen-bond donors (Lipinski definition) is 3. The molecule has 3 aromatic heterocycles. The summed E-state index contributed by atoms with van der Waals surface area (Å²) >= 11 is 0. The normalized spacial score (nSPS) is 10.1. The molecule has 10 heteroatoms. The molecule has 0 bridgehead atoms. The van der Waals surface area contributed by atoms with Crippen LogP contribution in [-0.2, 0) is 19.3 Å². The van der Waals surface area contributed by atoms with Gasteiger partial charge in [0.1, 0.15) is 34.6 Å². The fourth-order valence-electron chi connectivity index (χ4n) is 3.51. The summed E-state index contributed by atoms with van der Waals surface area (Å²) in [4.78, 5) is 33.3. The predicted octanol–water partition coefficient (Wildman–Crippen LogP) is 5.61. The van der Waals surface area contributed by atoms with E-state index in [9.17, 15) is 29.7 Å². The van der Waals surface area contributed by atoms with E-state index in [1.54, 1.807) is 20.8 Å². The Morgan fingerprint density at radius 1 is 0.525 bits per heavy atom. The largest absolute Gasteiger partial charge is 0.502 e. The Balaban J connectivity index is 0.000000563. The standard InChI is InChI=1S/3C10H14O3.In/c3*1-3-4-5-9-10(12)8(11)6-7(2)13-9;/h3*6,12H,3-5H2,1-2H3;. The van der Waals surface area contributed by atoms with Crippen molar-refractivity contribution in [3.05, 3.63) is 83.4 Å². The van der Waals surface area contributed by atoms with E-state index in [-0.39, 0.29) is 59.4 Å². The van der Waals surface area contributed by atoms with E-state index in [1.165, 1.54) is 18.2 Å². The van der Waals surface area contributed by atoms with Gasteiger partial charge in [0.25, 0.3) is 0 Å². The van der Waals surface area contributed by atoms with Gasteiger partial charge in [0.2, 0.25) is 33.5 Å². The van der Waals surface area contributed by atoms with E-state index in [2.05, 4.69) is 0 Å². The monoisotopic (exact) mass is 661 g/mol. The van der Waals surface area contributed by atoms with Crippen molar-refractivity contribution in [2.45, 2.75) is 99.3 Å². The third-order valence-electron chi connectivity index (χ3n) is 5.62. The van der Waals surface area contributed by atoms with Crippen LogP contribution in [0.5, 0.6) is 17.2 Å². The minimum Gasteiger partial charge on any atom is -0.502 e. The van der Waals surface area contributed by atoms with Crippen LogP contribution in [0.1, 0.15) is 93.9 Å². The summed E-state index contributed by atoms with van der Waals surface area (Å²) in [5.74, 6) is 2.17. The molecule has 0 atom stereocenters. The summed E-state index contributed by atoms with van der Waals surface area (Å²) in [7, 11) is 0. The van der Waals surface area contributed by atoms with E-state index < -0.39 is 0 Å². The molecule has 219 valence electrons. The SMILES string of the molecule is CCCCc1oc(C)cc(=O)c1O.CCCCc1oc(C)cc(=O)c1O.CCCCc1oc(C)cc(=O)c1O.[In]. The Morgan fingerprint density at radius 3 is 0.950 bits per heavy atom. The molecule has 0 aliphatic rings. The van der Waals surface area contributed by atoms with Gasteiger partial charge >= 0.3 is 0 Å². The van der Waals surface area contributed by atoms with Crippen LogP contribution < -0.4 is 16.3 Å². The Bertz CT molecular complexity index is 1190. The first-order chi connectivity index (χ1) is 18.4. The van der Waals surface area contributed by atoms with Gasteiger partial charge in [-0.15, -0.1) is 0 Å². The van der Waals surface area contributed by atoms with Gasteiger partial charge in [0.15, 0.2) is 0 Å². The maximum Gasteiger partial charge on any atom is 0.227 e. The van der Waals surface area contributed by atoms with Crippen LogP contribution in [0, 0.1) is 20.8 Å². The molecular formula is C30H42InO9. The summed E-state index contributed by atoms with van der Waals surface area (Å²) in [6, 6.07) is 3.89. The molecule has 3 heterocycles. The zero-order chi connectivity index (χ0) is 29.5. The van der Waals surface area contributed by atoms with E-state index in [4.69, 9.17) is 13.3 Å². The van der Waals surface area contributed by atoms with Gasteiger partial charge in [0.05, 0.1) is 0 Å². The van der Waals surface area contributed by atoms with Gasteiger partial charge in [-0.3, -0.25) is 14.4 Å². The minimum absolute atomic E-state index is 0. The van der Waals surface area contributed by atoms with Gasteiger partial charge in [-0.1, -0.05) is 40.0 Å². The van der Waals surface area contributed by atoms with Gasteiger partial charge in [0, 0.05) is 63.3 Å². The number of aromatic hydroxyl groups is 3. The molecule has 0 fully saturated rings. The molecule has 0 aromatic carbocycles. The Labute approximate surface area is 253 Å². The fraction of sp³-hybridized carbons (Fsp3) is 0.500. The third-order valence-corrected chi connectivity index (χ3v) is 5.62. The van der Waals surface area contributed by atoms with Crippen LogP contribution in [0.15, 0.2) is 45.8 Å². The summed E-state index contributed by atoms with van der Waals surface area (Å²) < 4.78 is 15.7. The molecule has 3 N–H and O–H groups in total. The van der Waals surface area contributed by atoms with Crippen molar-refractivity contribution >= 4 is 25.8 Å². The zero-order valence-electron chi connectivity index (χ0n) is 24.5. The molecule has 9 nitrogen and oxygen atoms in total. The minimum atomic E-state index is -0.352. The van der Waals surface area contributed by atoms with Crippen LogP contribution in [0.2, 0.25) is 0 Å². The number of rotatable bonds is 9. The summed E-state index contributed by atoms with van der Waals surface area (Å²) in [5.41, 5.74) is -1.06. The topological polar surface area (TPSA) is 151 Å². The maximum absolute atomic E-state index is 11.1. The summed E-state index contributed by atoms with van der Waals surface area (Å²) in [6.07, 6.45) is 7.66. The zero-order valence-corrected chi connectivity index (χ0v) is 27.8. The molecule has 0 saturated carbocycles. The van der Waals surface area contributed by atoms with Crippen molar-refractivity contribution in [2.75, 3.05) is 0 Å². The van der Waals surface area contributed by atoms with Crippen molar-refractivity contribution in [2.24, 2.45) is 0 Å². The Hall–Kier alpha value is -2.88.